The fourth-order valence-corrected chi connectivity index (χ4v) is 10.3. The number of carbonyl (C=O) groups is 2. The molecule has 0 atom stereocenters. The molecule has 0 radical (unpaired) electrons. The highest BCUT2D eigenvalue weighted by Gasteiger charge is 2.29. The molecule has 56 heavy (non-hydrogen) atoms. The maximum atomic E-state index is 13.5. The van der Waals surface area contributed by atoms with Crippen LogP contribution in [0.15, 0.2) is 130 Å². The van der Waals surface area contributed by atoms with Crippen molar-refractivity contribution in [2.45, 2.75) is 62.7 Å². The van der Waals surface area contributed by atoms with E-state index in [0.717, 1.165) is 11.1 Å². The van der Waals surface area contributed by atoms with Gasteiger partial charge in [-0.2, -0.15) is 8.61 Å². The van der Waals surface area contributed by atoms with Crippen LogP contribution in [0.25, 0.3) is 11.4 Å². The van der Waals surface area contributed by atoms with Gasteiger partial charge in [-0.1, -0.05) is 60.7 Å². The first-order valence-corrected chi connectivity index (χ1v) is 22.2. The van der Waals surface area contributed by atoms with Gasteiger partial charge in [0, 0.05) is 47.1 Å². The zero-order valence-electron chi connectivity index (χ0n) is 31.0. The molecule has 4 aromatic carbocycles. The Hall–Kier alpha value is -5.10. The Balaban J connectivity index is 1.06. The summed E-state index contributed by atoms with van der Waals surface area (Å²) in [6.07, 6.45) is 0. The lowest BCUT2D eigenvalue weighted by Crippen LogP contribution is -2.36. The average molecular weight is 829 g/mol. The molecule has 0 bridgehead atoms. The molecular weight excluding hydrogens is 789 g/mol. The van der Waals surface area contributed by atoms with E-state index in [1.807, 2.05) is 88.4 Å². The molecule has 2 heterocycles. The van der Waals surface area contributed by atoms with Gasteiger partial charge in [-0.25, -0.2) is 26.8 Å². The molecule has 0 fully saturated rings. The number of rotatable bonds is 15. The predicted molar refractivity (Wildman–Crippen MR) is 221 cm³/mol. The summed E-state index contributed by atoms with van der Waals surface area (Å²) in [5.74, 6) is -0.920. The Labute approximate surface area is 335 Å². The van der Waals surface area contributed by atoms with Gasteiger partial charge in [0.25, 0.3) is 11.8 Å². The zero-order chi connectivity index (χ0) is 40.0. The first-order chi connectivity index (χ1) is 26.7. The summed E-state index contributed by atoms with van der Waals surface area (Å²) in [7, 11) is -7.67. The van der Waals surface area contributed by atoms with Gasteiger partial charge in [0.05, 0.1) is 9.79 Å². The van der Waals surface area contributed by atoms with Crippen LogP contribution in [0.5, 0.6) is 0 Å². The summed E-state index contributed by atoms with van der Waals surface area (Å²) in [6.45, 7) is 7.72. The Bertz CT molecular complexity index is 2330. The molecule has 2 aromatic heterocycles. The van der Waals surface area contributed by atoms with Crippen LogP contribution in [0.3, 0.4) is 0 Å². The van der Waals surface area contributed by atoms with Crippen LogP contribution in [0.4, 0.5) is 10.3 Å². The van der Waals surface area contributed by atoms with E-state index in [2.05, 4.69) is 20.6 Å². The smallest absolute Gasteiger partial charge is 0.257 e. The van der Waals surface area contributed by atoms with Crippen LogP contribution in [0, 0.1) is 0 Å². The number of nitrogens with zero attached hydrogens (tertiary/aromatic N) is 4. The highest BCUT2D eigenvalue weighted by molar-refractivity contribution is 7.89. The van der Waals surface area contributed by atoms with E-state index in [0.29, 0.717) is 21.7 Å². The maximum absolute atomic E-state index is 13.5. The van der Waals surface area contributed by atoms with Gasteiger partial charge in [-0.05, 0) is 87.4 Å². The fourth-order valence-electron chi connectivity index (χ4n) is 5.68. The van der Waals surface area contributed by atoms with Crippen molar-refractivity contribution in [1.82, 2.24) is 18.6 Å². The number of amides is 2. The van der Waals surface area contributed by atoms with Crippen molar-refractivity contribution in [1.29, 1.82) is 0 Å². The SMILES string of the molecule is CC(C)N(Cc1ccccc1)S(=O)(=O)c1ccc(C(=O)Nc2nc(-c3csc(NC(=O)c4ccc(S(=O)(=O)N(Cc5ccccc5)C(C)C)cc4)n3)cs2)cc1. The second kappa shape index (κ2) is 17.4. The number of hydrogen-bond donors (Lipinski definition) is 2. The van der Waals surface area contributed by atoms with Crippen molar-refractivity contribution in [2.75, 3.05) is 10.6 Å². The Morgan fingerprint density at radius 2 is 0.893 bits per heavy atom. The minimum absolute atomic E-state index is 0.0825. The molecule has 0 unspecified atom stereocenters. The highest BCUT2D eigenvalue weighted by Crippen LogP contribution is 2.29. The Morgan fingerprint density at radius 3 is 1.21 bits per heavy atom. The van der Waals surface area contributed by atoms with Gasteiger partial charge in [-0.3, -0.25) is 20.2 Å². The van der Waals surface area contributed by atoms with Gasteiger partial charge in [0.15, 0.2) is 10.3 Å². The topological polar surface area (TPSA) is 159 Å². The summed E-state index contributed by atoms with van der Waals surface area (Å²) < 4.78 is 56.9. The van der Waals surface area contributed by atoms with Crippen LogP contribution in [0.1, 0.15) is 59.5 Å². The summed E-state index contributed by atoms with van der Waals surface area (Å²) in [6, 6.07) is 29.7. The van der Waals surface area contributed by atoms with E-state index in [1.54, 1.807) is 10.8 Å². The van der Waals surface area contributed by atoms with E-state index in [1.165, 1.54) is 79.8 Å². The van der Waals surface area contributed by atoms with E-state index in [9.17, 15) is 26.4 Å². The van der Waals surface area contributed by atoms with Crippen molar-refractivity contribution in [2.24, 2.45) is 0 Å². The molecule has 0 spiro atoms. The van der Waals surface area contributed by atoms with Gasteiger partial charge in [0.1, 0.15) is 11.4 Å². The number of hydrogen-bond acceptors (Lipinski definition) is 10. The molecule has 6 aromatic rings. The summed E-state index contributed by atoms with van der Waals surface area (Å²) in [5.41, 5.74) is 3.22. The molecular formula is C40H40N6O6S4. The third-order valence-electron chi connectivity index (χ3n) is 8.67. The molecule has 0 aliphatic heterocycles. The Kier molecular flexibility index (Phi) is 12.6. The highest BCUT2D eigenvalue weighted by atomic mass is 32.2. The number of carbonyl (C=O) groups excluding carboxylic acids is 2. The van der Waals surface area contributed by atoms with Crippen molar-refractivity contribution < 1.29 is 26.4 Å². The van der Waals surface area contributed by atoms with Gasteiger partial charge < -0.3 is 0 Å². The molecule has 2 amide bonds. The number of anilines is 2. The quantitative estimate of drug-likeness (QED) is 0.106. The van der Waals surface area contributed by atoms with E-state index < -0.39 is 31.9 Å². The number of benzene rings is 4. The molecule has 6 rings (SSSR count). The van der Waals surface area contributed by atoms with E-state index in [4.69, 9.17) is 0 Å². The lowest BCUT2D eigenvalue weighted by atomic mass is 10.2. The van der Waals surface area contributed by atoms with Crippen molar-refractivity contribution in [3.8, 4) is 11.4 Å². The van der Waals surface area contributed by atoms with Gasteiger partial charge in [0.2, 0.25) is 20.0 Å². The third kappa shape index (κ3) is 9.46. The van der Waals surface area contributed by atoms with Crippen LogP contribution < -0.4 is 10.6 Å². The summed E-state index contributed by atoms with van der Waals surface area (Å²) in [5, 5.41) is 9.55. The normalized spacial score (nSPS) is 12.1. The van der Waals surface area contributed by atoms with Crippen molar-refractivity contribution in [3.63, 3.8) is 0 Å². The van der Waals surface area contributed by atoms with Crippen LogP contribution >= 0.6 is 22.7 Å². The van der Waals surface area contributed by atoms with Crippen molar-refractivity contribution >= 4 is 64.8 Å². The first kappa shape index (κ1) is 40.6. The average Bonchev–Trinajstić information content (AvgIpc) is 3.86. The van der Waals surface area contributed by atoms with Crippen LogP contribution in [0.2, 0.25) is 0 Å². The molecule has 290 valence electrons. The maximum Gasteiger partial charge on any atom is 0.257 e. The minimum Gasteiger partial charge on any atom is -0.298 e. The fraction of sp³-hybridized carbons (Fsp3) is 0.200. The zero-order valence-corrected chi connectivity index (χ0v) is 34.3. The lowest BCUT2D eigenvalue weighted by molar-refractivity contribution is 0.101. The van der Waals surface area contributed by atoms with E-state index in [-0.39, 0.29) is 46.1 Å². The first-order valence-electron chi connectivity index (χ1n) is 17.6. The number of aromatic nitrogens is 2. The molecule has 2 N–H and O–H groups in total. The van der Waals surface area contributed by atoms with Crippen molar-refractivity contribution in [3.05, 3.63) is 142 Å². The molecule has 0 saturated heterocycles. The number of nitrogens with one attached hydrogen (secondary N) is 2. The molecule has 12 nitrogen and oxygen atoms in total. The molecule has 0 aliphatic rings. The molecule has 0 aliphatic carbocycles. The third-order valence-corrected chi connectivity index (χ3v) is 14.3. The number of sulfonamides is 2. The standard InChI is InChI=1S/C40H40N6O6S4/c1-27(2)45(23-29-11-7-5-8-12-29)55(49,50)33-19-15-31(16-20-33)37(47)43-39-41-35(25-53-39)36-26-54-40(42-36)44-38(48)32-17-21-34(22-18-32)56(51,52)46(28(3)4)24-30-13-9-6-10-14-30/h5-22,25-28H,23-24H2,1-4H3,(H,41,43,47)(H,42,44,48). The second-order valence-electron chi connectivity index (χ2n) is 13.3. The van der Waals surface area contributed by atoms with E-state index >= 15 is 0 Å². The lowest BCUT2D eigenvalue weighted by Gasteiger charge is -2.26. The molecule has 16 heteroatoms. The Morgan fingerprint density at radius 1 is 0.554 bits per heavy atom. The second-order valence-corrected chi connectivity index (χ2v) is 18.8. The summed E-state index contributed by atoms with van der Waals surface area (Å²) >= 11 is 2.38. The van der Waals surface area contributed by atoms with Crippen LogP contribution in [-0.4, -0.2) is 59.3 Å². The van der Waals surface area contributed by atoms with Gasteiger partial charge in [-0.15, -0.1) is 22.7 Å². The summed E-state index contributed by atoms with van der Waals surface area (Å²) in [4.78, 5) is 35.3. The molecule has 0 saturated carbocycles. The van der Waals surface area contributed by atoms with Crippen LogP contribution in [-0.2, 0) is 33.1 Å². The monoisotopic (exact) mass is 828 g/mol. The number of thiazole rings is 2. The predicted octanol–water partition coefficient (Wildman–Crippen LogP) is 7.97. The van der Waals surface area contributed by atoms with Gasteiger partial charge >= 0.3 is 0 Å². The minimum atomic E-state index is -3.84. The largest absolute Gasteiger partial charge is 0.298 e.